The predicted octanol–water partition coefficient (Wildman–Crippen LogP) is 3.97. The van der Waals surface area contributed by atoms with Crippen molar-refractivity contribution in [3.05, 3.63) is 65.5 Å². The van der Waals surface area contributed by atoms with Crippen LogP contribution >= 0.6 is 0 Å². The Hall–Kier alpha value is -1.67. The van der Waals surface area contributed by atoms with Crippen LogP contribution in [0.15, 0.2) is 48.7 Å². The zero-order valence-electron chi connectivity index (χ0n) is 13.2. The van der Waals surface area contributed by atoms with Crippen molar-refractivity contribution < 1.29 is 0 Å². The molecule has 0 fully saturated rings. The lowest BCUT2D eigenvalue weighted by molar-refractivity contribution is 0.558. The van der Waals surface area contributed by atoms with Gasteiger partial charge in [-0.3, -0.25) is 4.98 Å². The molecule has 0 spiro atoms. The first-order valence-corrected chi connectivity index (χ1v) is 8.03. The van der Waals surface area contributed by atoms with Crippen molar-refractivity contribution in [3.63, 3.8) is 0 Å². The van der Waals surface area contributed by atoms with Crippen LogP contribution in [0.4, 0.5) is 0 Å². The zero-order chi connectivity index (χ0) is 14.9. The average Bonchev–Trinajstić information content (AvgIpc) is 2.56. The van der Waals surface area contributed by atoms with E-state index in [1.807, 2.05) is 6.20 Å². The molecule has 0 aliphatic rings. The van der Waals surface area contributed by atoms with Gasteiger partial charge in [0.2, 0.25) is 0 Å². The monoisotopic (exact) mass is 282 g/mol. The molecule has 0 saturated carbocycles. The Kier molecular flexibility index (Phi) is 6.42. The van der Waals surface area contributed by atoms with E-state index in [0.29, 0.717) is 5.92 Å². The Morgan fingerprint density at radius 3 is 2.48 bits per heavy atom. The van der Waals surface area contributed by atoms with Gasteiger partial charge in [-0.05, 0) is 48.9 Å². The maximum absolute atomic E-state index is 4.58. The average molecular weight is 282 g/mol. The van der Waals surface area contributed by atoms with Crippen LogP contribution in [-0.2, 0) is 12.8 Å². The molecule has 0 saturated heterocycles. The van der Waals surface area contributed by atoms with Gasteiger partial charge in [-0.1, -0.05) is 50.2 Å². The summed E-state index contributed by atoms with van der Waals surface area (Å²) in [4.78, 5) is 4.58. The molecule has 0 amide bonds. The number of benzene rings is 1. The van der Waals surface area contributed by atoms with Gasteiger partial charge in [0.15, 0.2) is 0 Å². The summed E-state index contributed by atoms with van der Waals surface area (Å²) in [6.45, 7) is 6.38. The summed E-state index contributed by atoms with van der Waals surface area (Å²) in [5, 5.41) is 3.48. The summed E-state index contributed by atoms with van der Waals surface area (Å²) < 4.78 is 0. The maximum atomic E-state index is 4.58. The minimum atomic E-state index is 0.554. The fourth-order valence-electron chi connectivity index (χ4n) is 2.56. The van der Waals surface area contributed by atoms with Crippen LogP contribution in [0.2, 0.25) is 0 Å². The van der Waals surface area contributed by atoms with Crippen molar-refractivity contribution in [2.24, 2.45) is 0 Å². The minimum Gasteiger partial charge on any atom is -0.316 e. The van der Waals surface area contributed by atoms with Gasteiger partial charge >= 0.3 is 0 Å². The van der Waals surface area contributed by atoms with E-state index in [2.05, 4.69) is 66.6 Å². The molecule has 1 aromatic carbocycles. The lowest BCUT2D eigenvalue weighted by Gasteiger charge is -2.17. The molecule has 21 heavy (non-hydrogen) atoms. The van der Waals surface area contributed by atoms with Crippen LogP contribution in [0.5, 0.6) is 0 Å². The molecule has 1 unspecified atom stereocenters. The predicted molar refractivity (Wildman–Crippen MR) is 89.7 cm³/mol. The molecule has 112 valence electrons. The fraction of sp³-hybridized carbons (Fsp3) is 0.421. The van der Waals surface area contributed by atoms with Gasteiger partial charge in [-0.15, -0.1) is 0 Å². The highest BCUT2D eigenvalue weighted by Crippen LogP contribution is 2.20. The summed E-state index contributed by atoms with van der Waals surface area (Å²) in [6.07, 6.45) is 5.24. The summed E-state index contributed by atoms with van der Waals surface area (Å²) in [6, 6.07) is 15.2. The number of hydrogen-bond acceptors (Lipinski definition) is 2. The third-order valence-electron chi connectivity index (χ3n) is 3.95. The summed E-state index contributed by atoms with van der Waals surface area (Å²) in [5.41, 5.74) is 3.93. The van der Waals surface area contributed by atoms with E-state index in [9.17, 15) is 0 Å². The molecule has 0 radical (unpaired) electrons. The van der Waals surface area contributed by atoms with Crippen molar-refractivity contribution >= 4 is 0 Å². The molecule has 2 nitrogen and oxygen atoms in total. The highest BCUT2D eigenvalue weighted by Gasteiger charge is 2.11. The number of nitrogens with zero attached hydrogens (tertiary/aromatic N) is 1. The first-order chi connectivity index (χ1) is 10.3. The van der Waals surface area contributed by atoms with Crippen LogP contribution in [0, 0.1) is 0 Å². The number of aryl methyl sites for hydroxylation is 2. The first-order valence-electron chi connectivity index (χ1n) is 8.03. The second-order valence-corrected chi connectivity index (χ2v) is 5.47. The second kappa shape index (κ2) is 8.58. The number of nitrogens with one attached hydrogen (secondary N) is 1. The number of rotatable bonds is 8. The largest absolute Gasteiger partial charge is 0.316 e. The Bertz CT molecular complexity index is 505. The standard InChI is InChI=1S/C19H26N2/c1-3-16-10-12-19(21-14-16)13-11-18(15-20-4-2)17-8-6-5-7-9-17/h5-10,12,14,18,20H,3-4,11,13,15H2,1-2H3. The molecular formula is C19H26N2. The van der Waals surface area contributed by atoms with Crippen molar-refractivity contribution in [2.45, 2.75) is 39.0 Å². The maximum Gasteiger partial charge on any atom is 0.0404 e. The third-order valence-corrected chi connectivity index (χ3v) is 3.95. The van der Waals surface area contributed by atoms with E-state index in [1.54, 1.807) is 0 Å². The van der Waals surface area contributed by atoms with E-state index in [4.69, 9.17) is 0 Å². The Morgan fingerprint density at radius 2 is 1.86 bits per heavy atom. The van der Waals surface area contributed by atoms with Crippen molar-refractivity contribution in [1.82, 2.24) is 10.3 Å². The number of hydrogen-bond donors (Lipinski definition) is 1. The first kappa shape index (κ1) is 15.7. The van der Waals surface area contributed by atoms with Crippen LogP contribution in [-0.4, -0.2) is 18.1 Å². The summed E-state index contributed by atoms with van der Waals surface area (Å²) >= 11 is 0. The van der Waals surface area contributed by atoms with Gasteiger partial charge in [0, 0.05) is 18.4 Å². The van der Waals surface area contributed by atoms with Gasteiger partial charge in [-0.25, -0.2) is 0 Å². The molecule has 2 heteroatoms. The third kappa shape index (κ3) is 4.98. The second-order valence-electron chi connectivity index (χ2n) is 5.47. The molecule has 2 aromatic rings. The minimum absolute atomic E-state index is 0.554. The molecular weight excluding hydrogens is 256 g/mol. The summed E-state index contributed by atoms with van der Waals surface area (Å²) in [5.74, 6) is 0.554. The highest BCUT2D eigenvalue weighted by molar-refractivity contribution is 5.21. The Morgan fingerprint density at radius 1 is 1.05 bits per heavy atom. The number of likely N-dealkylation sites (N-methyl/N-ethyl adjacent to an activating group) is 1. The van der Waals surface area contributed by atoms with Gasteiger partial charge in [0.05, 0.1) is 0 Å². The lowest BCUT2D eigenvalue weighted by Crippen LogP contribution is -2.21. The van der Waals surface area contributed by atoms with Crippen molar-refractivity contribution in [1.29, 1.82) is 0 Å². The highest BCUT2D eigenvalue weighted by atomic mass is 14.8. The topological polar surface area (TPSA) is 24.9 Å². The van der Waals surface area contributed by atoms with Crippen LogP contribution in [0.3, 0.4) is 0 Å². The molecule has 0 aliphatic heterocycles. The van der Waals surface area contributed by atoms with E-state index < -0.39 is 0 Å². The van der Waals surface area contributed by atoms with Gasteiger partial charge in [0.25, 0.3) is 0 Å². The van der Waals surface area contributed by atoms with Crippen LogP contribution in [0.25, 0.3) is 0 Å². The lowest BCUT2D eigenvalue weighted by atomic mass is 9.93. The molecule has 2 rings (SSSR count). The summed E-state index contributed by atoms with van der Waals surface area (Å²) in [7, 11) is 0. The SMILES string of the molecule is CCNCC(CCc1ccc(CC)cn1)c1ccccc1. The molecule has 0 bridgehead atoms. The van der Waals surface area contributed by atoms with E-state index in [0.717, 1.165) is 32.4 Å². The normalized spacial score (nSPS) is 12.3. The zero-order valence-corrected chi connectivity index (χ0v) is 13.2. The van der Waals surface area contributed by atoms with Crippen molar-refractivity contribution in [3.8, 4) is 0 Å². The Labute approximate surface area is 128 Å². The molecule has 1 aromatic heterocycles. The molecule has 0 aliphatic carbocycles. The number of pyridine rings is 1. The van der Waals surface area contributed by atoms with E-state index >= 15 is 0 Å². The fourth-order valence-corrected chi connectivity index (χ4v) is 2.56. The van der Waals surface area contributed by atoms with Crippen LogP contribution < -0.4 is 5.32 Å². The van der Waals surface area contributed by atoms with Gasteiger partial charge in [0.1, 0.15) is 0 Å². The van der Waals surface area contributed by atoms with Gasteiger partial charge in [-0.2, -0.15) is 0 Å². The Balaban J connectivity index is 1.97. The van der Waals surface area contributed by atoms with Crippen molar-refractivity contribution in [2.75, 3.05) is 13.1 Å². The van der Waals surface area contributed by atoms with E-state index in [1.165, 1.54) is 16.8 Å². The smallest absolute Gasteiger partial charge is 0.0404 e. The molecule has 1 heterocycles. The molecule has 1 atom stereocenters. The van der Waals surface area contributed by atoms with E-state index in [-0.39, 0.29) is 0 Å². The molecule has 1 N–H and O–H groups in total. The van der Waals surface area contributed by atoms with Gasteiger partial charge < -0.3 is 5.32 Å². The quantitative estimate of drug-likeness (QED) is 0.792. The number of aromatic nitrogens is 1. The van der Waals surface area contributed by atoms with Crippen LogP contribution in [0.1, 0.15) is 43.0 Å².